The van der Waals surface area contributed by atoms with Crippen molar-refractivity contribution in [2.45, 2.75) is 88.8 Å². The lowest BCUT2D eigenvalue weighted by Gasteiger charge is -2.39. The van der Waals surface area contributed by atoms with E-state index in [1.54, 1.807) is 37.8 Å². The number of aromatic carboxylic acids is 1. The zero-order valence-electron chi connectivity index (χ0n) is 22.7. The van der Waals surface area contributed by atoms with Crippen LogP contribution < -0.4 is 5.32 Å². The first-order valence-corrected chi connectivity index (χ1v) is 13.5. The third-order valence-corrected chi connectivity index (χ3v) is 8.29. The highest BCUT2D eigenvalue weighted by atomic mass is 16.6. The number of piperazine rings is 1. The predicted molar refractivity (Wildman–Crippen MR) is 138 cm³/mol. The SMILES string of the molecule is CC(c1ccc(C(=O)O)cc1)N1C(=O)C2C[C@H]1CN2CC(NC(=O)OC(C)(C)C)C(=O)N1C(C#N)CC2CC21. The number of hydrogen-bond donors (Lipinski definition) is 2. The molecule has 3 aliphatic heterocycles. The molecule has 0 aromatic heterocycles. The summed E-state index contributed by atoms with van der Waals surface area (Å²) in [5.41, 5.74) is 0.292. The molecule has 1 saturated carbocycles. The van der Waals surface area contributed by atoms with Gasteiger partial charge in [0.15, 0.2) is 0 Å². The third-order valence-electron chi connectivity index (χ3n) is 8.29. The molecule has 2 bridgehead atoms. The summed E-state index contributed by atoms with van der Waals surface area (Å²) in [5.74, 6) is -1.03. The molecule has 6 unspecified atom stereocenters. The molecule has 11 nitrogen and oxygen atoms in total. The number of carboxylic acid groups (broad SMARTS) is 1. The van der Waals surface area contributed by atoms with Crippen molar-refractivity contribution in [3.05, 3.63) is 35.4 Å². The van der Waals surface area contributed by atoms with Crippen molar-refractivity contribution in [2.75, 3.05) is 13.1 Å². The molecule has 1 aliphatic carbocycles. The number of alkyl carbamates (subject to hydrolysis) is 1. The van der Waals surface area contributed by atoms with E-state index < -0.39 is 35.8 Å². The number of rotatable bonds is 7. The van der Waals surface area contributed by atoms with Crippen LogP contribution in [0.3, 0.4) is 0 Å². The van der Waals surface area contributed by atoms with Gasteiger partial charge in [-0.1, -0.05) is 12.1 Å². The predicted octanol–water partition coefficient (Wildman–Crippen LogP) is 2.14. The number of likely N-dealkylation sites (tertiary alicyclic amines) is 3. The van der Waals surface area contributed by atoms with E-state index in [0.717, 1.165) is 12.0 Å². The highest BCUT2D eigenvalue weighted by Crippen LogP contribution is 2.48. The van der Waals surface area contributed by atoms with Crippen LogP contribution in [0.2, 0.25) is 0 Å². The van der Waals surface area contributed by atoms with Gasteiger partial charge in [-0.15, -0.1) is 0 Å². The van der Waals surface area contributed by atoms with Crippen molar-refractivity contribution in [1.82, 2.24) is 20.0 Å². The summed E-state index contributed by atoms with van der Waals surface area (Å²) in [6.07, 6.45) is 1.42. The Morgan fingerprint density at radius 3 is 2.46 bits per heavy atom. The van der Waals surface area contributed by atoms with Crippen LogP contribution in [0, 0.1) is 17.2 Å². The quantitative estimate of drug-likeness (QED) is 0.539. The van der Waals surface area contributed by atoms with Crippen LogP contribution in [-0.2, 0) is 14.3 Å². The smallest absolute Gasteiger partial charge is 0.408 e. The van der Waals surface area contributed by atoms with E-state index in [2.05, 4.69) is 11.4 Å². The second-order valence-corrected chi connectivity index (χ2v) is 12.1. The van der Waals surface area contributed by atoms with E-state index in [-0.39, 0.29) is 42.0 Å². The maximum Gasteiger partial charge on any atom is 0.408 e. The van der Waals surface area contributed by atoms with Crippen molar-refractivity contribution >= 4 is 23.9 Å². The standard InChI is InChI=1S/C28H35N5O6/c1-15(16-5-7-17(8-6-16)26(36)37)32-20-11-23(25(32)35)31(13-20)14-21(30-27(38)39-28(2,3)4)24(34)33-19(12-29)9-18-10-22(18)33/h5-8,15,18-23H,9-11,13-14H2,1-4H3,(H,30,38)(H,36,37)/t15?,18?,19?,20-,21?,22?,23?/m0/s1. The van der Waals surface area contributed by atoms with Crippen molar-refractivity contribution in [3.8, 4) is 6.07 Å². The van der Waals surface area contributed by atoms with Crippen LogP contribution in [0.25, 0.3) is 0 Å². The van der Waals surface area contributed by atoms with Gasteiger partial charge in [0.2, 0.25) is 11.8 Å². The number of carbonyl (C=O) groups is 4. The number of piperidine rings is 1. The number of carbonyl (C=O) groups excluding carboxylic acids is 3. The van der Waals surface area contributed by atoms with Crippen molar-refractivity contribution < 1.29 is 29.0 Å². The molecule has 1 aromatic carbocycles. The fraction of sp³-hybridized carbons (Fsp3) is 0.607. The van der Waals surface area contributed by atoms with Crippen LogP contribution in [0.4, 0.5) is 4.79 Å². The average molecular weight is 538 g/mol. The molecule has 4 fully saturated rings. The number of fused-ring (bicyclic) bond motifs is 3. The van der Waals surface area contributed by atoms with Crippen LogP contribution >= 0.6 is 0 Å². The van der Waals surface area contributed by atoms with E-state index >= 15 is 0 Å². The number of carboxylic acids is 1. The van der Waals surface area contributed by atoms with Crippen molar-refractivity contribution in [2.24, 2.45) is 5.92 Å². The molecule has 1 aromatic rings. The second-order valence-electron chi connectivity index (χ2n) is 12.1. The van der Waals surface area contributed by atoms with Crippen LogP contribution in [0.5, 0.6) is 0 Å². The Labute approximate surface area is 227 Å². The lowest BCUT2D eigenvalue weighted by atomic mass is 10.0. The fourth-order valence-electron chi connectivity index (χ4n) is 6.40. The van der Waals surface area contributed by atoms with Gasteiger partial charge in [0.1, 0.15) is 17.7 Å². The largest absolute Gasteiger partial charge is 0.478 e. The summed E-state index contributed by atoms with van der Waals surface area (Å²) in [4.78, 5) is 56.5. The molecule has 7 atom stereocenters. The zero-order valence-corrected chi connectivity index (χ0v) is 22.7. The molecule has 2 N–H and O–H groups in total. The van der Waals surface area contributed by atoms with Gasteiger partial charge in [-0.25, -0.2) is 9.59 Å². The summed E-state index contributed by atoms with van der Waals surface area (Å²) in [7, 11) is 0. The van der Waals surface area contributed by atoms with Crippen molar-refractivity contribution in [3.63, 3.8) is 0 Å². The van der Waals surface area contributed by atoms with E-state index in [9.17, 15) is 29.5 Å². The van der Waals surface area contributed by atoms with Gasteiger partial charge >= 0.3 is 12.1 Å². The highest BCUT2D eigenvalue weighted by Gasteiger charge is 2.56. The van der Waals surface area contributed by atoms with E-state index in [0.29, 0.717) is 25.3 Å². The number of nitrogens with zero attached hydrogens (tertiary/aromatic N) is 4. The van der Waals surface area contributed by atoms with Gasteiger partial charge in [-0.2, -0.15) is 5.26 Å². The van der Waals surface area contributed by atoms with Crippen LogP contribution in [0.1, 0.15) is 68.9 Å². The molecule has 39 heavy (non-hydrogen) atoms. The topological polar surface area (TPSA) is 143 Å². The monoisotopic (exact) mass is 537 g/mol. The number of amides is 3. The van der Waals surface area contributed by atoms with E-state index in [4.69, 9.17) is 4.74 Å². The number of ether oxygens (including phenoxy) is 1. The summed E-state index contributed by atoms with van der Waals surface area (Å²) in [5, 5.41) is 21.5. The normalized spacial score (nSPS) is 29.0. The maximum absolute atomic E-state index is 13.7. The Kier molecular flexibility index (Phi) is 6.79. The Morgan fingerprint density at radius 1 is 1.18 bits per heavy atom. The van der Waals surface area contributed by atoms with Gasteiger partial charge in [-0.05, 0) is 70.6 Å². The number of nitriles is 1. The Morgan fingerprint density at radius 2 is 1.87 bits per heavy atom. The number of hydrogen-bond acceptors (Lipinski definition) is 7. The first-order chi connectivity index (χ1) is 18.4. The summed E-state index contributed by atoms with van der Waals surface area (Å²) >= 11 is 0. The molecule has 3 saturated heterocycles. The molecule has 4 aliphatic rings. The zero-order chi connectivity index (χ0) is 28.2. The molecule has 11 heteroatoms. The van der Waals surface area contributed by atoms with E-state index in [1.807, 2.05) is 16.7 Å². The fourth-order valence-corrected chi connectivity index (χ4v) is 6.40. The Balaban J connectivity index is 1.30. The lowest BCUT2D eigenvalue weighted by molar-refractivity contribution is -0.141. The van der Waals surface area contributed by atoms with E-state index in [1.165, 1.54) is 12.1 Å². The molecule has 3 amide bonds. The van der Waals surface area contributed by atoms with Crippen LogP contribution in [0.15, 0.2) is 24.3 Å². The molecular weight excluding hydrogens is 502 g/mol. The van der Waals surface area contributed by atoms with Gasteiger partial charge in [0.25, 0.3) is 0 Å². The van der Waals surface area contributed by atoms with Crippen molar-refractivity contribution in [1.29, 1.82) is 5.26 Å². The molecule has 0 radical (unpaired) electrons. The van der Waals surface area contributed by atoms with Gasteiger partial charge in [0, 0.05) is 25.2 Å². The Hall–Kier alpha value is -3.65. The third kappa shape index (κ3) is 5.17. The Bertz CT molecular complexity index is 1220. The minimum atomic E-state index is -1.00. The number of nitrogens with one attached hydrogen (secondary N) is 1. The number of benzene rings is 1. The summed E-state index contributed by atoms with van der Waals surface area (Å²) in [6, 6.07) is 6.62. The van der Waals surface area contributed by atoms with Gasteiger partial charge in [0.05, 0.1) is 23.7 Å². The first-order valence-electron chi connectivity index (χ1n) is 13.5. The molecule has 3 heterocycles. The average Bonchev–Trinajstić information content (AvgIpc) is 3.18. The summed E-state index contributed by atoms with van der Waals surface area (Å²) in [6.45, 7) is 7.85. The first kappa shape index (κ1) is 26.9. The summed E-state index contributed by atoms with van der Waals surface area (Å²) < 4.78 is 5.42. The molecular formula is C28H35N5O6. The highest BCUT2D eigenvalue weighted by molar-refractivity contribution is 5.89. The second kappa shape index (κ2) is 9.83. The minimum Gasteiger partial charge on any atom is -0.478 e. The minimum absolute atomic E-state index is 0.0330. The van der Waals surface area contributed by atoms with Gasteiger partial charge < -0.3 is 25.0 Å². The van der Waals surface area contributed by atoms with Crippen LogP contribution in [-0.4, -0.2) is 92.6 Å². The lowest BCUT2D eigenvalue weighted by Crippen LogP contribution is -2.59. The van der Waals surface area contributed by atoms with Gasteiger partial charge in [-0.3, -0.25) is 14.5 Å². The molecule has 208 valence electrons. The molecule has 5 rings (SSSR count). The molecule has 0 spiro atoms. The maximum atomic E-state index is 13.7.